The zero-order valence-corrected chi connectivity index (χ0v) is 15.9. The van der Waals surface area contributed by atoms with Crippen molar-refractivity contribution in [1.29, 1.82) is 0 Å². The molecule has 1 heterocycles. The number of aryl methyl sites for hydroxylation is 1. The molecule has 1 aromatic heterocycles. The first-order valence-corrected chi connectivity index (χ1v) is 8.84. The molecule has 0 atom stereocenters. The van der Waals surface area contributed by atoms with Crippen molar-refractivity contribution in [3.63, 3.8) is 0 Å². The van der Waals surface area contributed by atoms with E-state index in [-0.39, 0.29) is 5.91 Å². The van der Waals surface area contributed by atoms with Crippen LogP contribution in [0, 0.1) is 6.92 Å². The second kappa shape index (κ2) is 8.56. The minimum atomic E-state index is -0.277. The van der Waals surface area contributed by atoms with Crippen LogP contribution in [0.5, 0.6) is 5.75 Å². The molecule has 27 heavy (non-hydrogen) atoms. The zero-order valence-electron chi connectivity index (χ0n) is 15.1. The van der Waals surface area contributed by atoms with Crippen LogP contribution in [0.2, 0.25) is 5.02 Å². The molecule has 1 amide bonds. The van der Waals surface area contributed by atoms with Gasteiger partial charge >= 0.3 is 0 Å². The van der Waals surface area contributed by atoms with E-state index in [1.807, 2.05) is 37.3 Å². The number of carbonyl (C=O) groups is 1. The van der Waals surface area contributed by atoms with Gasteiger partial charge < -0.3 is 15.4 Å². The van der Waals surface area contributed by atoms with Crippen LogP contribution in [-0.2, 0) is 6.54 Å². The molecule has 2 N–H and O–H groups in total. The summed E-state index contributed by atoms with van der Waals surface area (Å²) in [5.41, 5.74) is 3.75. The van der Waals surface area contributed by atoms with Crippen molar-refractivity contribution in [3.05, 3.63) is 82.6 Å². The topological polar surface area (TPSA) is 63.2 Å². The largest absolute Gasteiger partial charge is 0.496 e. The number of pyridine rings is 1. The molecule has 0 unspecified atom stereocenters. The van der Waals surface area contributed by atoms with E-state index in [0.717, 1.165) is 22.6 Å². The highest BCUT2D eigenvalue weighted by atomic mass is 35.5. The Bertz CT molecular complexity index is 960. The van der Waals surface area contributed by atoms with Gasteiger partial charge in [0.15, 0.2) is 0 Å². The molecule has 0 radical (unpaired) electrons. The second-order valence-electron chi connectivity index (χ2n) is 6.01. The van der Waals surface area contributed by atoms with Gasteiger partial charge in [-0.05, 0) is 48.9 Å². The number of halogens is 1. The highest BCUT2D eigenvalue weighted by Gasteiger charge is 2.10. The monoisotopic (exact) mass is 381 g/mol. The molecule has 6 heteroatoms. The highest BCUT2D eigenvalue weighted by molar-refractivity contribution is 6.30. The molecule has 0 aliphatic heterocycles. The number of nitrogens with zero attached hydrogens (tertiary/aromatic N) is 1. The maximum absolute atomic E-state index is 12.5. The number of nitrogens with one attached hydrogen (secondary N) is 2. The second-order valence-corrected chi connectivity index (χ2v) is 6.44. The molecule has 0 spiro atoms. The number of amides is 1. The van der Waals surface area contributed by atoms with E-state index >= 15 is 0 Å². The van der Waals surface area contributed by atoms with Crippen LogP contribution >= 0.6 is 11.6 Å². The Balaban J connectivity index is 1.70. The van der Waals surface area contributed by atoms with Crippen molar-refractivity contribution in [2.45, 2.75) is 13.5 Å². The summed E-state index contributed by atoms with van der Waals surface area (Å²) >= 11 is 5.96. The van der Waals surface area contributed by atoms with Crippen LogP contribution in [0.3, 0.4) is 0 Å². The van der Waals surface area contributed by atoms with Gasteiger partial charge in [-0.2, -0.15) is 0 Å². The summed E-state index contributed by atoms with van der Waals surface area (Å²) < 4.78 is 5.36. The number of para-hydroxylation sites is 1. The summed E-state index contributed by atoms with van der Waals surface area (Å²) in [4.78, 5) is 16.7. The predicted molar refractivity (Wildman–Crippen MR) is 109 cm³/mol. The Labute approximate surface area is 163 Å². The maximum Gasteiger partial charge on any atom is 0.274 e. The van der Waals surface area contributed by atoms with E-state index in [1.54, 1.807) is 37.6 Å². The SMILES string of the molecule is COc1ccccc1CNc1ccnc(C(=O)Nc2ccc(Cl)cc2C)c1. The van der Waals surface area contributed by atoms with Crippen LogP contribution < -0.4 is 15.4 Å². The van der Waals surface area contributed by atoms with Crippen LogP contribution in [0.1, 0.15) is 21.6 Å². The average molecular weight is 382 g/mol. The molecule has 0 fully saturated rings. The third-order valence-electron chi connectivity index (χ3n) is 4.10. The summed E-state index contributed by atoms with van der Waals surface area (Å²) in [6.45, 7) is 2.46. The van der Waals surface area contributed by atoms with E-state index in [0.29, 0.717) is 22.9 Å². The lowest BCUT2D eigenvalue weighted by atomic mass is 10.2. The smallest absolute Gasteiger partial charge is 0.274 e. The van der Waals surface area contributed by atoms with Crippen LogP contribution in [-0.4, -0.2) is 18.0 Å². The first-order chi connectivity index (χ1) is 13.1. The number of hydrogen-bond donors (Lipinski definition) is 2. The van der Waals surface area contributed by atoms with Crippen molar-refractivity contribution in [2.75, 3.05) is 17.7 Å². The van der Waals surface area contributed by atoms with Crippen LogP contribution in [0.15, 0.2) is 60.8 Å². The van der Waals surface area contributed by atoms with Gasteiger partial charge in [0.25, 0.3) is 5.91 Å². The van der Waals surface area contributed by atoms with E-state index in [9.17, 15) is 4.79 Å². The van der Waals surface area contributed by atoms with Gasteiger partial charge in [0.1, 0.15) is 11.4 Å². The van der Waals surface area contributed by atoms with Gasteiger partial charge in [-0.3, -0.25) is 9.78 Å². The molecule has 138 valence electrons. The molecular formula is C21H20ClN3O2. The molecule has 0 aliphatic carbocycles. The Hall–Kier alpha value is -3.05. The van der Waals surface area contributed by atoms with Gasteiger partial charge in [0.05, 0.1) is 7.11 Å². The first kappa shape index (κ1) is 18.7. The fourth-order valence-corrected chi connectivity index (χ4v) is 2.89. The Morgan fingerprint density at radius 1 is 1.15 bits per heavy atom. The quantitative estimate of drug-likeness (QED) is 0.636. The van der Waals surface area contributed by atoms with Crippen molar-refractivity contribution in [2.24, 2.45) is 0 Å². The van der Waals surface area contributed by atoms with Crippen molar-refractivity contribution in [3.8, 4) is 5.75 Å². The minimum absolute atomic E-state index is 0.277. The van der Waals surface area contributed by atoms with Gasteiger partial charge in [-0.1, -0.05) is 29.8 Å². The molecular weight excluding hydrogens is 362 g/mol. The number of ether oxygens (including phenoxy) is 1. The average Bonchev–Trinajstić information content (AvgIpc) is 2.69. The predicted octanol–water partition coefficient (Wildman–Crippen LogP) is 4.92. The normalized spacial score (nSPS) is 10.3. The lowest BCUT2D eigenvalue weighted by Crippen LogP contribution is -2.14. The zero-order chi connectivity index (χ0) is 19.2. The Morgan fingerprint density at radius 2 is 1.96 bits per heavy atom. The van der Waals surface area contributed by atoms with E-state index < -0.39 is 0 Å². The molecule has 0 saturated heterocycles. The molecule has 0 bridgehead atoms. The Kier molecular flexibility index (Phi) is 5.94. The third-order valence-corrected chi connectivity index (χ3v) is 4.34. The number of aromatic nitrogens is 1. The molecule has 3 rings (SSSR count). The van der Waals surface area contributed by atoms with E-state index in [1.165, 1.54) is 0 Å². The summed E-state index contributed by atoms with van der Waals surface area (Å²) in [5, 5.41) is 6.79. The highest BCUT2D eigenvalue weighted by Crippen LogP contribution is 2.21. The number of carbonyl (C=O) groups excluding carboxylic acids is 1. The lowest BCUT2D eigenvalue weighted by Gasteiger charge is -2.12. The summed E-state index contributed by atoms with van der Waals surface area (Å²) in [6, 6.07) is 16.6. The molecule has 5 nitrogen and oxygen atoms in total. The number of anilines is 2. The number of rotatable bonds is 6. The van der Waals surface area contributed by atoms with E-state index in [2.05, 4.69) is 15.6 Å². The molecule has 3 aromatic rings. The molecule has 0 aliphatic rings. The van der Waals surface area contributed by atoms with Crippen molar-refractivity contribution >= 4 is 28.9 Å². The van der Waals surface area contributed by atoms with Crippen molar-refractivity contribution < 1.29 is 9.53 Å². The standard InChI is InChI=1S/C21H20ClN3O2/c1-14-11-16(22)7-8-18(14)25-21(26)19-12-17(9-10-23-19)24-13-15-5-3-4-6-20(15)27-2/h3-12H,13H2,1-2H3,(H,23,24)(H,25,26). The van der Waals surface area contributed by atoms with Crippen LogP contribution in [0.4, 0.5) is 11.4 Å². The van der Waals surface area contributed by atoms with Gasteiger partial charge in [-0.25, -0.2) is 0 Å². The van der Waals surface area contributed by atoms with Crippen LogP contribution in [0.25, 0.3) is 0 Å². The summed E-state index contributed by atoms with van der Waals surface area (Å²) in [7, 11) is 1.65. The molecule has 0 saturated carbocycles. The fourth-order valence-electron chi connectivity index (χ4n) is 2.66. The van der Waals surface area contributed by atoms with Gasteiger partial charge in [-0.15, -0.1) is 0 Å². The maximum atomic E-state index is 12.5. The summed E-state index contributed by atoms with van der Waals surface area (Å²) in [5.74, 6) is 0.539. The Morgan fingerprint density at radius 3 is 2.74 bits per heavy atom. The number of methoxy groups -OCH3 is 1. The van der Waals surface area contributed by atoms with Gasteiger partial charge in [0, 0.05) is 34.7 Å². The van der Waals surface area contributed by atoms with Gasteiger partial charge in [0.2, 0.25) is 0 Å². The van der Waals surface area contributed by atoms with Crippen molar-refractivity contribution in [1.82, 2.24) is 4.98 Å². The minimum Gasteiger partial charge on any atom is -0.496 e. The van der Waals surface area contributed by atoms with E-state index in [4.69, 9.17) is 16.3 Å². The third kappa shape index (κ3) is 4.77. The lowest BCUT2D eigenvalue weighted by molar-refractivity contribution is 0.102. The first-order valence-electron chi connectivity index (χ1n) is 8.46. The summed E-state index contributed by atoms with van der Waals surface area (Å²) in [6.07, 6.45) is 1.61. The number of hydrogen-bond acceptors (Lipinski definition) is 4. The molecule has 2 aromatic carbocycles. The fraction of sp³-hybridized carbons (Fsp3) is 0.143. The number of benzene rings is 2.